The Kier molecular flexibility index (Phi) is 2.90. The minimum absolute atomic E-state index is 0.384. The minimum atomic E-state index is -3.45. The van der Waals surface area contributed by atoms with Crippen molar-refractivity contribution in [2.24, 2.45) is 0 Å². The molecule has 7 nitrogen and oxygen atoms in total. The van der Waals surface area contributed by atoms with Gasteiger partial charge in [-0.3, -0.25) is 9.69 Å². The Morgan fingerprint density at radius 3 is 2.65 bits per heavy atom. The molecule has 2 heterocycles. The number of aliphatic hydroxyl groups is 1. The van der Waals surface area contributed by atoms with E-state index in [0.29, 0.717) is 12.8 Å². The van der Waals surface area contributed by atoms with Crippen LogP contribution in [0.5, 0.6) is 0 Å². The lowest BCUT2D eigenvalue weighted by molar-refractivity contribution is -0.134. The Bertz CT molecular complexity index is 821. The van der Waals surface area contributed by atoms with E-state index in [2.05, 4.69) is 5.32 Å². The van der Waals surface area contributed by atoms with Gasteiger partial charge in [0.2, 0.25) is 0 Å². The molecule has 1 spiro atoms. The van der Waals surface area contributed by atoms with Crippen molar-refractivity contribution < 1.29 is 23.1 Å². The third kappa shape index (κ3) is 1.94. The fraction of sp³-hybridized carbons (Fsp3) is 0.467. The lowest BCUT2D eigenvalue weighted by Gasteiger charge is -2.25. The second-order valence-electron chi connectivity index (χ2n) is 6.38. The van der Waals surface area contributed by atoms with Crippen molar-refractivity contribution in [3.8, 4) is 0 Å². The van der Waals surface area contributed by atoms with Gasteiger partial charge in [0.15, 0.2) is 9.84 Å². The van der Waals surface area contributed by atoms with Gasteiger partial charge in [0, 0.05) is 0 Å². The molecule has 0 unspecified atom stereocenters. The van der Waals surface area contributed by atoms with Crippen molar-refractivity contribution in [1.29, 1.82) is 0 Å². The molecule has 2 fully saturated rings. The summed E-state index contributed by atoms with van der Waals surface area (Å²) >= 11 is 0. The van der Waals surface area contributed by atoms with Crippen molar-refractivity contribution in [2.45, 2.75) is 30.5 Å². The zero-order chi connectivity index (χ0) is 16.4. The standard InChI is InChI=1S/C15H16N2O5S/c18-12-8-23(21,22)7-11(12)17-13(19)15(16-14(17)20)6-5-9-3-1-2-4-10(9)15/h1-4,11-12,18H,5-8H2,(H,16,20)/t11-,12+,15+/m1/s1. The number of imide groups is 1. The summed E-state index contributed by atoms with van der Waals surface area (Å²) < 4.78 is 23.4. The summed E-state index contributed by atoms with van der Waals surface area (Å²) in [6.45, 7) is 0. The van der Waals surface area contributed by atoms with Crippen molar-refractivity contribution in [2.75, 3.05) is 11.5 Å². The normalized spacial score (nSPS) is 34.9. The molecule has 122 valence electrons. The summed E-state index contributed by atoms with van der Waals surface area (Å²) in [5.74, 6) is -1.27. The maximum Gasteiger partial charge on any atom is 0.325 e. The van der Waals surface area contributed by atoms with Gasteiger partial charge < -0.3 is 10.4 Å². The molecule has 2 N–H and O–H groups in total. The SMILES string of the molecule is O=C1N[C@]2(CCc3ccccc32)C(=O)N1[C@@H]1CS(=O)(=O)C[C@@H]1O. The van der Waals surface area contributed by atoms with Gasteiger partial charge >= 0.3 is 6.03 Å². The number of urea groups is 1. The Hall–Kier alpha value is -1.93. The molecule has 0 aromatic heterocycles. The number of aliphatic hydroxyl groups excluding tert-OH is 1. The second-order valence-corrected chi connectivity index (χ2v) is 8.53. The highest BCUT2D eigenvalue weighted by atomic mass is 32.2. The summed E-state index contributed by atoms with van der Waals surface area (Å²) in [4.78, 5) is 26.3. The van der Waals surface area contributed by atoms with Crippen molar-refractivity contribution >= 4 is 21.8 Å². The molecule has 1 aromatic carbocycles. The molecule has 1 aliphatic carbocycles. The van der Waals surface area contributed by atoms with Crippen LogP contribution >= 0.6 is 0 Å². The number of nitrogens with one attached hydrogen (secondary N) is 1. The number of aryl methyl sites for hydroxylation is 1. The molecule has 23 heavy (non-hydrogen) atoms. The van der Waals surface area contributed by atoms with E-state index in [4.69, 9.17) is 0 Å². The van der Waals surface area contributed by atoms with Crippen LogP contribution in [0.3, 0.4) is 0 Å². The summed E-state index contributed by atoms with van der Waals surface area (Å²) in [5, 5.41) is 12.7. The molecule has 3 amide bonds. The molecule has 0 bridgehead atoms. The van der Waals surface area contributed by atoms with Crippen LogP contribution in [0.1, 0.15) is 17.5 Å². The van der Waals surface area contributed by atoms with Gasteiger partial charge in [-0.15, -0.1) is 0 Å². The van der Waals surface area contributed by atoms with Crippen molar-refractivity contribution in [3.63, 3.8) is 0 Å². The molecule has 3 atom stereocenters. The molecule has 2 aliphatic heterocycles. The molecular formula is C15H16N2O5S. The van der Waals surface area contributed by atoms with Crippen LogP contribution in [-0.4, -0.2) is 54.0 Å². The van der Waals surface area contributed by atoms with Crippen molar-refractivity contribution in [3.05, 3.63) is 35.4 Å². The van der Waals surface area contributed by atoms with Gasteiger partial charge in [0.05, 0.1) is 23.7 Å². The molecule has 2 saturated heterocycles. The van der Waals surface area contributed by atoms with Crippen LogP contribution in [0, 0.1) is 0 Å². The second kappa shape index (κ2) is 4.55. The van der Waals surface area contributed by atoms with Gasteiger partial charge in [-0.25, -0.2) is 13.2 Å². The van der Waals surface area contributed by atoms with E-state index in [9.17, 15) is 23.1 Å². The molecule has 3 aliphatic rings. The van der Waals surface area contributed by atoms with Gasteiger partial charge in [-0.2, -0.15) is 0 Å². The first-order valence-corrected chi connectivity index (χ1v) is 9.29. The summed E-state index contributed by atoms with van der Waals surface area (Å²) in [6.07, 6.45) is -0.119. The number of rotatable bonds is 1. The number of carbonyl (C=O) groups excluding carboxylic acids is 2. The maximum atomic E-state index is 13.0. The van der Waals surface area contributed by atoms with Crippen LogP contribution in [-0.2, 0) is 26.6 Å². The quantitative estimate of drug-likeness (QED) is 0.675. The van der Waals surface area contributed by atoms with Gasteiger partial charge in [0.1, 0.15) is 5.54 Å². The maximum absolute atomic E-state index is 13.0. The smallest absolute Gasteiger partial charge is 0.325 e. The number of nitrogens with zero attached hydrogens (tertiary/aromatic N) is 1. The topological polar surface area (TPSA) is 104 Å². The van der Waals surface area contributed by atoms with Crippen LogP contribution in [0.2, 0.25) is 0 Å². The monoisotopic (exact) mass is 336 g/mol. The molecule has 4 rings (SSSR count). The van der Waals surface area contributed by atoms with Gasteiger partial charge in [0.25, 0.3) is 5.91 Å². The summed E-state index contributed by atoms with van der Waals surface area (Å²) in [5.41, 5.74) is 0.638. The lowest BCUT2D eigenvalue weighted by atomic mass is 9.91. The third-order valence-electron chi connectivity index (χ3n) is 4.99. The highest BCUT2D eigenvalue weighted by Crippen LogP contribution is 2.42. The zero-order valence-corrected chi connectivity index (χ0v) is 13.0. The van der Waals surface area contributed by atoms with Crippen LogP contribution in [0.4, 0.5) is 4.79 Å². The predicted octanol–water partition coefficient (Wildman–Crippen LogP) is -0.462. The molecule has 8 heteroatoms. The Morgan fingerprint density at radius 2 is 1.96 bits per heavy atom. The van der Waals surface area contributed by atoms with Crippen molar-refractivity contribution in [1.82, 2.24) is 10.2 Å². The van der Waals surface area contributed by atoms with E-state index < -0.39 is 45.2 Å². The highest BCUT2D eigenvalue weighted by molar-refractivity contribution is 7.91. The predicted molar refractivity (Wildman–Crippen MR) is 80.3 cm³/mol. The molecule has 0 saturated carbocycles. The van der Waals surface area contributed by atoms with E-state index in [1.54, 1.807) is 0 Å². The van der Waals surface area contributed by atoms with E-state index in [-0.39, 0.29) is 5.75 Å². The van der Waals surface area contributed by atoms with Crippen LogP contribution in [0.25, 0.3) is 0 Å². The largest absolute Gasteiger partial charge is 0.390 e. The van der Waals surface area contributed by atoms with E-state index in [1.807, 2.05) is 24.3 Å². The zero-order valence-electron chi connectivity index (χ0n) is 12.2. The number of sulfone groups is 1. The average molecular weight is 336 g/mol. The first-order chi connectivity index (χ1) is 10.8. The summed E-state index contributed by atoms with van der Waals surface area (Å²) in [6, 6.07) is 5.77. The van der Waals surface area contributed by atoms with E-state index in [1.165, 1.54) is 0 Å². The highest BCUT2D eigenvalue weighted by Gasteiger charge is 2.59. The number of fused-ring (bicyclic) bond motifs is 2. The molecule has 0 radical (unpaired) electrons. The lowest BCUT2D eigenvalue weighted by Crippen LogP contribution is -2.48. The van der Waals surface area contributed by atoms with Crippen LogP contribution < -0.4 is 5.32 Å². The van der Waals surface area contributed by atoms with E-state index in [0.717, 1.165) is 16.0 Å². The van der Waals surface area contributed by atoms with Crippen LogP contribution in [0.15, 0.2) is 24.3 Å². The number of benzene rings is 1. The molecule has 1 aromatic rings. The Morgan fingerprint density at radius 1 is 1.22 bits per heavy atom. The first-order valence-electron chi connectivity index (χ1n) is 7.47. The third-order valence-corrected chi connectivity index (χ3v) is 6.69. The number of carbonyl (C=O) groups is 2. The molecular weight excluding hydrogens is 320 g/mol. The van der Waals surface area contributed by atoms with E-state index >= 15 is 0 Å². The Balaban J connectivity index is 1.74. The Labute approximate surface area is 133 Å². The number of hydrogen-bond acceptors (Lipinski definition) is 5. The fourth-order valence-electron chi connectivity index (χ4n) is 3.92. The number of amides is 3. The first kappa shape index (κ1) is 14.6. The minimum Gasteiger partial charge on any atom is -0.390 e. The summed E-state index contributed by atoms with van der Waals surface area (Å²) in [7, 11) is -3.45. The fourth-order valence-corrected chi connectivity index (χ4v) is 5.69. The number of hydrogen-bond donors (Lipinski definition) is 2. The van der Waals surface area contributed by atoms with Gasteiger partial charge in [-0.05, 0) is 24.0 Å². The average Bonchev–Trinajstić information content (AvgIpc) is 3.06. The van der Waals surface area contributed by atoms with Gasteiger partial charge in [-0.1, -0.05) is 24.3 Å².